The van der Waals surface area contributed by atoms with E-state index in [-0.39, 0.29) is 4.90 Å². The van der Waals surface area contributed by atoms with E-state index in [9.17, 15) is 18.9 Å². The minimum absolute atomic E-state index is 0.196. The van der Waals surface area contributed by atoms with Gasteiger partial charge in [0.2, 0.25) is 0 Å². The van der Waals surface area contributed by atoms with Crippen LogP contribution in [0.5, 0.6) is 0 Å². The highest BCUT2D eigenvalue weighted by Crippen LogP contribution is 2.31. The summed E-state index contributed by atoms with van der Waals surface area (Å²) >= 11 is 0. The summed E-state index contributed by atoms with van der Waals surface area (Å²) < 4.78 is 27.5. The second kappa shape index (κ2) is 6.08. The number of benzene rings is 2. The van der Waals surface area contributed by atoms with Crippen LogP contribution in [0.1, 0.15) is 22.7 Å². The Bertz CT molecular complexity index is 1130. The van der Waals surface area contributed by atoms with Crippen molar-refractivity contribution in [2.75, 3.05) is 0 Å². The van der Waals surface area contributed by atoms with Crippen molar-refractivity contribution >= 4 is 20.9 Å². The van der Waals surface area contributed by atoms with Gasteiger partial charge >= 0.3 is 0 Å². The fraction of sp³-hybridized carbons (Fsp3) is 0.158. The Hall–Kier alpha value is -3.09. The molecular weight excluding hydrogens is 334 g/mol. The highest BCUT2D eigenvalue weighted by molar-refractivity contribution is 7.90. The van der Waals surface area contributed by atoms with Crippen molar-refractivity contribution in [2.45, 2.75) is 24.7 Å². The quantitative estimate of drug-likeness (QED) is 0.722. The summed E-state index contributed by atoms with van der Waals surface area (Å²) in [5, 5.41) is 19.0. The van der Waals surface area contributed by atoms with Crippen molar-refractivity contribution in [3.63, 3.8) is 0 Å². The van der Waals surface area contributed by atoms with E-state index >= 15 is 0 Å². The summed E-state index contributed by atoms with van der Waals surface area (Å²) in [5.41, 5.74) is 2.48. The molecule has 1 aromatic heterocycles. The number of rotatable bonds is 3. The summed E-state index contributed by atoms with van der Waals surface area (Å²) in [7, 11) is -3.77. The van der Waals surface area contributed by atoms with Crippen molar-refractivity contribution in [1.29, 1.82) is 10.5 Å². The molecule has 25 heavy (non-hydrogen) atoms. The Morgan fingerprint density at radius 3 is 2.24 bits per heavy atom. The maximum absolute atomic E-state index is 13.1. The first kappa shape index (κ1) is 16.8. The molecule has 0 saturated carbocycles. The molecule has 0 aliphatic heterocycles. The number of nitrogens with zero attached hydrogens (tertiary/aromatic N) is 3. The van der Waals surface area contributed by atoms with Crippen molar-refractivity contribution in [3.05, 3.63) is 65.4 Å². The molecule has 0 fully saturated rings. The monoisotopic (exact) mass is 349 g/mol. The van der Waals surface area contributed by atoms with Gasteiger partial charge in [-0.1, -0.05) is 29.8 Å². The van der Waals surface area contributed by atoms with Crippen LogP contribution in [-0.2, 0) is 10.0 Å². The molecule has 0 bridgehead atoms. The van der Waals surface area contributed by atoms with Crippen LogP contribution in [0.2, 0.25) is 0 Å². The Morgan fingerprint density at radius 1 is 1.00 bits per heavy atom. The fourth-order valence-electron chi connectivity index (χ4n) is 2.92. The maximum Gasteiger partial charge on any atom is 0.268 e. The lowest BCUT2D eigenvalue weighted by molar-refractivity contribution is 0.588. The molecule has 0 saturated heterocycles. The van der Waals surface area contributed by atoms with Crippen LogP contribution in [0.15, 0.2) is 53.4 Å². The first-order chi connectivity index (χ1) is 11.9. The molecular formula is C19H15N3O2S. The molecule has 0 aliphatic carbocycles. The number of hydrogen-bond acceptors (Lipinski definition) is 4. The zero-order valence-electron chi connectivity index (χ0n) is 13.8. The molecule has 3 aromatic rings. The average molecular weight is 349 g/mol. The van der Waals surface area contributed by atoms with Crippen molar-refractivity contribution < 1.29 is 8.42 Å². The topological polar surface area (TPSA) is 86.7 Å². The van der Waals surface area contributed by atoms with Gasteiger partial charge < -0.3 is 0 Å². The largest absolute Gasteiger partial charge is 0.268 e. The summed E-state index contributed by atoms with van der Waals surface area (Å²) in [6.45, 7) is 3.59. The molecule has 5 nitrogen and oxygen atoms in total. The molecule has 1 heterocycles. The molecule has 0 amide bonds. The van der Waals surface area contributed by atoms with Gasteiger partial charge in [-0.15, -0.1) is 0 Å². The molecule has 0 N–H and O–H groups in total. The minimum Gasteiger partial charge on any atom is -0.238 e. The highest BCUT2D eigenvalue weighted by Gasteiger charge is 2.23. The molecule has 3 rings (SSSR count). The molecule has 6 heteroatoms. The van der Waals surface area contributed by atoms with E-state index < -0.39 is 15.9 Å². The fourth-order valence-corrected chi connectivity index (χ4v) is 4.46. The van der Waals surface area contributed by atoms with Crippen LogP contribution in [0, 0.1) is 36.5 Å². The zero-order chi connectivity index (χ0) is 18.2. The van der Waals surface area contributed by atoms with Gasteiger partial charge in [-0.25, -0.2) is 12.4 Å². The Morgan fingerprint density at radius 2 is 1.64 bits per heavy atom. The predicted molar refractivity (Wildman–Crippen MR) is 94.4 cm³/mol. The van der Waals surface area contributed by atoms with Crippen molar-refractivity contribution in [3.8, 4) is 12.1 Å². The van der Waals surface area contributed by atoms with E-state index in [0.717, 1.165) is 5.56 Å². The van der Waals surface area contributed by atoms with Gasteiger partial charge in [-0.3, -0.25) is 0 Å². The number of fused-ring (bicyclic) bond motifs is 1. The summed E-state index contributed by atoms with van der Waals surface area (Å²) in [6, 6.07) is 17.3. The number of aromatic nitrogens is 1. The molecule has 2 aromatic carbocycles. The first-order valence-corrected chi connectivity index (χ1v) is 9.06. The van der Waals surface area contributed by atoms with Crippen molar-refractivity contribution in [1.82, 2.24) is 3.97 Å². The Balaban J connectivity index is 2.30. The second-order valence-corrected chi connectivity index (χ2v) is 7.63. The molecule has 0 radical (unpaired) electrons. The van der Waals surface area contributed by atoms with Crippen LogP contribution < -0.4 is 0 Å². The van der Waals surface area contributed by atoms with Crippen molar-refractivity contribution in [2.24, 2.45) is 0 Å². The number of nitriles is 2. The Kier molecular flexibility index (Phi) is 4.08. The third kappa shape index (κ3) is 2.67. The van der Waals surface area contributed by atoms with Crippen LogP contribution in [-0.4, -0.2) is 12.4 Å². The molecule has 0 unspecified atom stereocenters. The van der Waals surface area contributed by atoms with E-state index in [1.165, 1.54) is 3.97 Å². The van der Waals surface area contributed by atoms with Gasteiger partial charge in [0, 0.05) is 11.1 Å². The minimum atomic E-state index is -3.77. The van der Waals surface area contributed by atoms with Crippen LogP contribution in [0.25, 0.3) is 10.9 Å². The smallest absolute Gasteiger partial charge is 0.238 e. The SMILES string of the molecule is Cc1ccc(S(=O)(=O)n2c(C)cc3c(C(C#N)C#N)cccc32)cc1. The van der Waals surface area contributed by atoms with Gasteiger partial charge in [0.15, 0.2) is 5.92 Å². The third-order valence-electron chi connectivity index (χ3n) is 4.14. The summed E-state index contributed by atoms with van der Waals surface area (Å²) in [4.78, 5) is 0.196. The lowest BCUT2D eigenvalue weighted by Gasteiger charge is -2.11. The summed E-state index contributed by atoms with van der Waals surface area (Å²) in [5.74, 6) is -0.943. The van der Waals surface area contributed by atoms with E-state index in [1.54, 1.807) is 55.5 Å². The lowest BCUT2D eigenvalue weighted by atomic mass is 9.98. The summed E-state index contributed by atoms with van der Waals surface area (Å²) in [6.07, 6.45) is 0. The molecule has 0 atom stereocenters. The standard InChI is InChI=1S/C19H15N3O2S/c1-13-6-8-16(9-7-13)25(23,24)22-14(2)10-18-17(15(11-20)12-21)4-3-5-19(18)22/h3-10,15H,1-2H3. The second-order valence-electron chi connectivity index (χ2n) is 5.84. The van der Waals surface area contributed by atoms with Crippen LogP contribution >= 0.6 is 0 Å². The maximum atomic E-state index is 13.1. The number of hydrogen-bond donors (Lipinski definition) is 0. The van der Waals surface area contributed by atoms with Gasteiger partial charge in [0.25, 0.3) is 10.0 Å². The molecule has 124 valence electrons. The van der Waals surface area contributed by atoms with Gasteiger partial charge in [-0.2, -0.15) is 10.5 Å². The predicted octanol–water partition coefficient (Wildman–Crippen LogP) is 3.63. The van der Waals surface area contributed by atoms with E-state index in [1.807, 2.05) is 19.1 Å². The Labute approximate surface area is 146 Å². The van der Waals surface area contributed by atoms with E-state index in [0.29, 0.717) is 22.2 Å². The van der Waals surface area contributed by atoms with E-state index in [2.05, 4.69) is 0 Å². The van der Waals surface area contributed by atoms with E-state index in [4.69, 9.17) is 0 Å². The third-order valence-corrected chi connectivity index (χ3v) is 5.97. The van der Waals surface area contributed by atoms with Crippen LogP contribution in [0.3, 0.4) is 0 Å². The highest BCUT2D eigenvalue weighted by atomic mass is 32.2. The van der Waals surface area contributed by atoms with Gasteiger partial charge in [0.1, 0.15) is 0 Å². The zero-order valence-corrected chi connectivity index (χ0v) is 14.6. The normalized spacial score (nSPS) is 11.4. The number of aryl methyl sites for hydroxylation is 2. The average Bonchev–Trinajstić information content (AvgIpc) is 2.93. The van der Waals surface area contributed by atoms with Gasteiger partial charge in [0.05, 0.1) is 22.6 Å². The molecule has 0 aliphatic rings. The lowest BCUT2D eigenvalue weighted by Crippen LogP contribution is -2.14. The molecule has 0 spiro atoms. The first-order valence-electron chi connectivity index (χ1n) is 7.62. The van der Waals surface area contributed by atoms with Gasteiger partial charge in [-0.05, 0) is 43.7 Å². The van der Waals surface area contributed by atoms with Crippen LogP contribution in [0.4, 0.5) is 0 Å².